The molecule has 34 heteroatoms. The molecule has 0 aromatic rings. The van der Waals surface area contributed by atoms with Crippen LogP contribution >= 0.6 is 0 Å². The molecule has 117 heavy (non-hydrogen) atoms. The Balaban J connectivity index is 1.09. The Labute approximate surface area is 693 Å². The Morgan fingerprint density at radius 2 is 0.821 bits per heavy atom. The van der Waals surface area contributed by atoms with Gasteiger partial charge in [0.2, 0.25) is 94.5 Å². The highest BCUT2D eigenvalue weighted by molar-refractivity contribution is 6.03. The lowest BCUT2D eigenvalue weighted by Gasteiger charge is -2.42. The number of fused-ring (bicyclic) bond motifs is 1. The summed E-state index contributed by atoms with van der Waals surface area (Å²) in [5.74, 6) is -9.66. The Morgan fingerprint density at radius 1 is 0.376 bits per heavy atom. The van der Waals surface area contributed by atoms with Crippen molar-refractivity contribution in [2.45, 2.75) is 355 Å². The first-order chi connectivity index (χ1) is 54.2. The van der Waals surface area contributed by atoms with Crippen LogP contribution in [0.3, 0.4) is 0 Å². The standard InChI is InChI=1S/C83H144N18O16/c1-23-82(21,73(114)87-55(45-50(3)4)49-98-41-32-40-97-39-31-36-63(97)98)93-66(107)57(47-52(7)8)88-64(105)53(9)86-70(111)77(11,12)91-68(109)59-34-26-29-43-100(59)76(117)81(19,20)95-72(113)79(15,16)90-62(104)48-85-61(103)37-38-84-65(106)56(46-51(5)6)89-71(112)78(13,14)96-74(115)83(22,24-2)94-69(110)60-35-27-30-44-101(60)75(116)80(17,18)92-67(108)58-33-25-28-42-99(58)54(10)102/h50-53,55-60,63H,23-49H2,1-22H3,(H,84,106)(H,85,103)(H,86,111)(H,87,114)(H,88,105)(H,89,112)(H,90,104)(H,91,109)(H,92,108)(H,93,107)(H,94,110)(H,95,113)(H,96,115). The van der Waals surface area contributed by atoms with Crippen LogP contribution in [0, 0.1) is 17.8 Å². The summed E-state index contributed by atoms with van der Waals surface area (Å²) in [7, 11) is 0. The molecule has 5 aliphatic heterocycles. The highest BCUT2D eigenvalue weighted by Gasteiger charge is 2.49. The average Bonchev–Trinajstić information content (AvgIpc) is 1.44. The van der Waals surface area contributed by atoms with E-state index in [2.05, 4.69) is 92.8 Å². The zero-order valence-corrected chi connectivity index (χ0v) is 74.2. The van der Waals surface area contributed by atoms with E-state index in [-0.39, 0.29) is 94.3 Å². The van der Waals surface area contributed by atoms with Crippen LogP contribution in [0.5, 0.6) is 0 Å². The quantitative estimate of drug-likeness (QED) is 0.0419. The number of piperidine rings is 3. The van der Waals surface area contributed by atoms with Crippen molar-refractivity contribution < 1.29 is 76.7 Å². The molecule has 0 aliphatic carbocycles. The molecule has 5 saturated heterocycles. The van der Waals surface area contributed by atoms with Gasteiger partial charge in [-0.25, -0.2) is 0 Å². The molecule has 5 rings (SSSR count). The van der Waals surface area contributed by atoms with E-state index in [1.165, 1.54) is 90.9 Å². The summed E-state index contributed by atoms with van der Waals surface area (Å²) >= 11 is 0. The average molecular weight is 1650 g/mol. The minimum absolute atomic E-state index is 0.0650. The van der Waals surface area contributed by atoms with Gasteiger partial charge in [0.05, 0.1) is 12.7 Å². The molecule has 13 N–H and O–H groups in total. The van der Waals surface area contributed by atoms with Crippen molar-refractivity contribution in [3.8, 4) is 0 Å². The van der Waals surface area contributed by atoms with Gasteiger partial charge in [-0.15, -0.1) is 0 Å². The number of rotatable bonds is 39. The summed E-state index contributed by atoms with van der Waals surface area (Å²) < 4.78 is 0. The number of hydrogen-bond acceptors (Lipinski definition) is 18. The molecule has 5 aliphatic rings. The second-order valence-corrected chi connectivity index (χ2v) is 37.3. The van der Waals surface area contributed by atoms with Crippen LogP contribution in [0.15, 0.2) is 0 Å². The van der Waals surface area contributed by atoms with Crippen molar-refractivity contribution in [3.05, 3.63) is 0 Å². The Kier molecular flexibility index (Phi) is 35.9. The van der Waals surface area contributed by atoms with E-state index in [9.17, 15) is 76.7 Å². The van der Waals surface area contributed by atoms with Crippen molar-refractivity contribution in [1.29, 1.82) is 0 Å². The van der Waals surface area contributed by atoms with Crippen molar-refractivity contribution in [1.82, 2.24) is 93.6 Å². The topological polar surface area (TPSA) is 446 Å². The molecule has 0 aromatic heterocycles. The van der Waals surface area contributed by atoms with Crippen molar-refractivity contribution in [2.24, 2.45) is 17.8 Å². The predicted molar refractivity (Wildman–Crippen MR) is 442 cm³/mol. The summed E-state index contributed by atoms with van der Waals surface area (Å²) in [6, 6.07) is -6.40. The third kappa shape index (κ3) is 28.0. The number of nitrogens with one attached hydrogen (secondary N) is 13. The van der Waals surface area contributed by atoms with Crippen LogP contribution in [0.25, 0.3) is 0 Å². The summed E-state index contributed by atoms with van der Waals surface area (Å²) in [5.41, 5.74) is -11.0. The van der Waals surface area contributed by atoms with Crippen molar-refractivity contribution >= 4 is 94.5 Å². The lowest BCUT2D eigenvalue weighted by atomic mass is 9.91. The second-order valence-electron chi connectivity index (χ2n) is 37.3. The summed E-state index contributed by atoms with van der Waals surface area (Å²) in [6.07, 6.45) is 9.50. The normalized spacial score (nSPS) is 20.6. The lowest BCUT2D eigenvalue weighted by Crippen LogP contribution is -2.67. The summed E-state index contributed by atoms with van der Waals surface area (Å²) in [4.78, 5) is 231. The molecular weight excluding hydrogens is 1510 g/mol. The van der Waals surface area contributed by atoms with Gasteiger partial charge < -0.3 is 83.8 Å². The monoisotopic (exact) mass is 1650 g/mol. The number of hydrogen-bond donors (Lipinski definition) is 13. The third-order valence-corrected chi connectivity index (χ3v) is 23.2. The Hall–Kier alpha value is -8.56. The van der Waals surface area contributed by atoms with Crippen LogP contribution in [0.2, 0.25) is 0 Å². The predicted octanol–water partition coefficient (Wildman–Crippen LogP) is 2.04. The minimum Gasteiger partial charge on any atom is -0.354 e. The molecule has 0 spiro atoms. The number of amides is 16. The van der Waals surface area contributed by atoms with Crippen LogP contribution in [0.4, 0.5) is 0 Å². The molecule has 0 radical (unpaired) electrons. The minimum atomic E-state index is -1.67. The fourth-order valence-electron chi connectivity index (χ4n) is 15.7. The van der Waals surface area contributed by atoms with E-state index in [4.69, 9.17) is 0 Å². The van der Waals surface area contributed by atoms with E-state index in [0.717, 1.165) is 58.2 Å². The van der Waals surface area contributed by atoms with Crippen molar-refractivity contribution in [2.75, 3.05) is 58.9 Å². The fourth-order valence-corrected chi connectivity index (χ4v) is 15.7. The van der Waals surface area contributed by atoms with Gasteiger partial charge in [0.15, 0.2) is 0 Å². The Morgan fingerprint density at radius 3 is 1.34 bits per heavy atom. The smallest absolute Gasteiger partial charge is 0.248 e. The fraction of sp³-hybridized carbons (Fsp3) is 0.807. The maximum atomic E-state index is 14.5. The van der Waals surface area contributed by atoms with E-state index >= 15 is 0 Å². The Bertz CT molecular complexity index is 3580. The molecule has 10 unspecified atom stereocenters. The zero-order valence-electron chi connectivity index (χ0n) is 74.2. The van der Waals surface area contributed by atoms with E-state index in [0.29, 0.717) is 57.3 Å². The van der Waals surface area contributed by atoms with E-state index < -0.39 is 164 Å². The van der Waals surface area contributed by atoms with Gasteiger partial charge in [-0.3, -0.25) is 86.5 Å². The second kappa shape index (κ2) is 42.4. The third-order valence-electron chi connectivity index (χ3n) is 23.2. The highest BCUT2D eigenvalue weighted by atomic mass is 16.2. The number of nitrogens with zero attached hydrogens (tertiary/aromatic N) is 5. The molecule has 0 aromatic carbocycles. The first-order valence-electron chi connectivity index (χ1n) is 42.6. The van der Waals surface area contributed by atoms with Gasteiger partial charge >= 0.3 is 0 Å². The van der Waals surface area contributed by atoms with Gasteiger partial charge in [-0.1, -0.05) is 55.4 Å². The maximum absolute atomic E-state index is 14.5. The first kappa shape index (κ1) is 99.0. The molecule has 10 atom stereocenters. The zero-order chi connectivity index (χ0) is 88.3. The summed E-state index contributed by atoms with van der Waals surface area (Å²) in [5, 5.41) is 35.9. The summed E-state index contributed by atoms with van der Waals surface area (Å²) in [6.45, 7) is 39.4. The molecule has 0 bridgehead atoms. The first-order valence-corrected chi connectivity index (χ1v) is 42.6. The van der Waals surface area contributed by atoms with Gasteiger partial charge in [0.25, 0.3) is 0 Å². The molecule has 0 saturated carbocycles. The molecule has 662 valence electrons. The van der Waals surface area contributed by atoms with Gasteiger partial charge in [0.1, 0.15) is 75.0 Å². The maximum Gasteiger partial charge on any atom is 0.248 e. The molecular formula is C83H144N18O16. The van der Waals surface area contributed by atoms with Gasteiger partial charge in [-0.05, 0) is 223 Å². The number of carbonyl (C=O) groups is 16. The van der Waals surface area contributed by atoms with Gasteiger partial charge in [0, 0.05) is 65.2 Å². The number of likely N-dealkylation sites (tertiary alicyclic amines) is 3. The van der Waals surface area contributed by atoms with E-state index in [1.807, 2.05) is 34.6 Å². The molecule has 5 fully saturated rings. The lowest BCUT2D eigenvalue weighted by molar-refractivity contribution is -0.151. The number of carbonyl (C=O) groups excluding carboxylic acids is 16. The van der Waals surface area contributed by atoms with Crippen LogP contribution < -0.4 is 69.1 Å². The molecule has 34 nitrogen and oxygen atoms in total. The van der Waals surface area contributed by atoms with Crippen molar-refractivity contribution in [3.63, 3.8) is 0 Å². The van der Waals surface area contributed by atoms with Crippen LogP contribution in [-0.2, 0) is 76.7 Å². The van der Waals surface area contributed by atoms with Crippen LogP contribution in [0.1, 0.15) is 268 Å². The SMILES string of the molecule is CCC(C)(NC(=O)C(CC(C)C)NC(=O)C(C)NC(=O)C(C)(C)NC(=O)C1CCCCN1C(=O)C(C)(C)NC(=O)C(C)(C)NC(=O)CNC(=O)CCNC(=O)C(CC(C)C)NC(=O)C(C)(C)NC(=O)C(C)(CC)NC(=O)C1CCCCN1C(=O)C(C)(C)NC(=O)C1CCCCN1C(C)=O)C(=O)NC(CC(C)C)CN1CCCN2CCCC21. The largest absolute Gasteiger partial charge is 0.354 e. The molecule has 5 heterocycles. The van der Waals surface area contributed by atoms with Crippen LogP contribution in [-0.4, -0.2) is 265 Å². The van der Waals surface area contributed by atoms with Gasteiger partial charge in [-0.2, -0.15) is 0 Å². The molecule has 16 amide bonds. The highest BCUT2D eigenvalue weighted by Crippen LogP contribution is 2.30. The van der Waals surface area contributed by atoms with E-state index in [1.54, 1.807) is 27.7 Å².